The molecule has 11 nitrogen and oxygen atoms in total. The molecule has 3 aromatic carbocycles. The van der Waals surface area contributed by atoms with E-state index in [-0.39, 0.29) is 11.4 Å². The summed E-state index contributed by atoms with van der Waals surface area (Å²) in [5, 5.41) is 0. The number of rotatable bonds is 19. The molecule has 0 spiro atoms. The Bertz CT molecular complexity index is 1990. The second-order valence-electron chi connectivity index (χ2n) is 13.4. The van der Waals surface area contributed by atoms with Crippen molar-refractivity contribution in [1.29, 1.82) is 0 Å². The summed E-state index contributed by atoms with van der Waals surface area (Å²) in [6.45, 7) is 10.4. The van der Waals surface area contributed by atoms with Crippen molar-refractivity contribution in [1.82, 2.24) is 9.55 Å². The van der Waals surface area contributed by atoms with E-state index in [1.54, 1.807) is 36.8 Å². The van der Waals surface area contributed by atoms with Gasteiger partial charge in [-0.05, 0) is 103 Å². The molecule has 1 aliphatic rings. The van der Waals surface area contributed by atoms with Gasteiger partial charge in [-0.15, -0.1) is 0 Å². The molecule has 1 unspecified atom stereocenters. The first-order valence-electron chi connectivity index (χ1n) is 18.7. The van der Waals surface area contributed by atoms with Crippen LogP contribution >= 0.6 is 0 Å². The molecule has 1 atom stereocenters. The second kappa shape index (κ2) is 19.9. The topological polar surface area (TPSA) is 131 Å². The van der Waals surface area contributed by atoms with Crippen LogP contribution in [0.4, 0.5) is 11.4 Å². The minimum absolute atomic E-state index is 0.267. The molecular formula is C41H52N4O7S2. The summed E-state index contributed by atoms with van der Waals surface area (Å²) in [7, 11) is -5.99. The van der Waals surface area contributed by atoms with E-state index in [0.717, 1.165) is 90.6 Å². The molecule has 1 aromatic heterocycles. The van der Waals surface area contributed by atoms with Crippen LogP contribution in [0.1, 0.15) is 70.6 Å². The van der Waals surface area contributed by atoms with Gasteiger partial charge in [0.2, 0.25) is 0 Å². The molecule has 1 aliphatic heterocycles. The van der Waals surface area contributed by atoms with Crippen molar-refractivity contribution in [2.45, 2.75) is 76.5 Å². The van der Waals surface area contributed by atoms with Crippen LogP contribution in [0.5, 0.6) is 5.75 Å². The average Bonchev–Trinajstić information content (AvgIpc) is 3.59. The van der Waals surface area contributed by atoms with E-state index < -0.39 is 32.7 Å². The molecule has 1 N–H and O–H groups in total. The van der Waals surface area contributed by atoms with Crippen molar-refractivity contribution in [3.63, 3.8) is 0 Å². The van der Waals surface area contributed by atoms with E-state index in [9.17, 15) is 22.0 Å². The summed E-state index contributed by atoms with van der Waals surface area (Å²) in [5.41, 5.74) is 5.32. The number of nitrogens with zero attached hydrogens (tertiary/aromatic N) is 4. The van der Waals surface area contributed by atoms with Crippen LogP contribution in [0.3, 0.4) is 0 Å². The minimum atomic E-state index is -4.59. The van der Waals surface area contributed by atoms with Crippen LogP contribution in [0.2, 0.25) is 0 Å². The number of fused-ring (bicyclic) bond motifs is 1. The number of hydrogen-bond donors (Lipinski definition) is 1. The van der Waals surface area contributed by atoms with Crippen molar-refractivity contribution in [3.05, 3.63) is 96.1 Å². The Morgan fingerprint density at radius 1 is 0.926 bits per heavy atom. The highest BCUT2D eigenvalue weighted by atomic mass is 32.2. The minimum Gasteiger partial charge on any atom is -0.491 e. The molecule has 0 saturated heterocycles. The summed E-state index contributed by atoms with van der Waals surface area (Å²) in [6, 6.07) is 20.5. The lowest BCUT2D eigenvalue weighted by molar-refractivity contribution is -0.115. The van der Waals surface area contributed by atoms with Crippen LogP contribution in [0, 0.1) is 0 Å². The Morgan fingerprint density at radius 2 is 1.67 bits per heavy atom. The summed E-state index contributed by atoms with van der Waals surface area (Å²) in [4.78, 5) is 22.4. The number of anilines is 2. The molecule has 1 amide bonds. The molecule has 5 rings (SSSR count). The lowest BCUT2D eigenvalue weighted by Gasteiger charge is -2.30. The maximum atomic E-state index is 14.3. The monoisotopic (exact) mass is 776 g/mol. The summed E-state index contributed by atoms with van der Waals surface area (Å²) in [6.07, 6.45) is 10.4. The lowest BCUT2D eigenvalue weighted by atomic mass is 9.96. The van der Waals surface area contributed by atoms with Gasteiger partial charge in [0.1, 0.15) is 12.4 Å². The number of imidazole rings is 1. The third kappa shape index (κ3) is 11.4. The number of carbonyl (C=O) groups excluding carboxylic acids is 1. The van der Waals surface area contributed by atoms with Crippen LogP contribution in [-0.2, 0) is 42.7 Å². The smallest absolute Gasteiger partial charge is 0.283 e. The first-order valence-corrected chi connectivity index (χ1v) is 21.7. The van der Waals surface area contributed by atoms with E-state index in [0.29, 0.717) is 36.5 Å². The Kier molecular flexibility index (Phi) is 15.0. The number of carbonyl (C=O) groups is 1. The average molecular weight is 777 g/mol. The molecule has 2 heterocycles. The van der Waals surface area contributed by atoms with Gasteiger partial charge < -0.3 is 18.9 Å². The normalized spacial score (nSPS) is 13.8. The van der Waals surface area contributed by atoms with Gasteiger partial charge >= 0.3 is 0 Å². The first kappa shape index (κ1) is 40.9. The first-order chi connectivity index (χ1) is 26.1. The third-order valence-electron chi connectivity index (χ3n) is 9.16. The van der Waals surface area contributed by atoms with Gasteiger partial charge in [0.05, 0.1) is 35.2 Å². The molecule has 54 heavy (non-hydrogen) atoms. The summed E-state index contributed by atoms with van der Waals surface area (Å²) >= 11 is 0. The fourth-order valence-corrected chi connectivity index (χ4v) is 8.16. The van der Waals surface area contributed by atoms with Gasteiger partial charge in [-0.2, -0.15) is 8.42 Å². The van der Waals surface area contributed by atoms with Gasteiger partial charge in [-0.3, -0.25) is 18.5 Å². The van der Waals surface area contributed by atoms with Crippen molar-refractivity contribution < 1.29 is 31.4 Å². The number of amides is 1. The van der Waals surface area contributed by atoms with Crippen LogP contribution in [0.15, 0.2) is 89.7 Å². The molecule has 13 heteroatoms. The van der Waals surface area contributed by atoms with Gasteiger partial charge in [0, 0.05) is 54.3 Å². The zero-order valence-corrected chi connectivity index (χ0v) is 33.1. The summed E-state index contributed by atoms with van der Waals surface area (Å²) in [5.74, 6) is -0.423. The third-order valence-corrected chi connectivity index (χ3v) is 11.1. The largest absolute Gasteiger partial charge is 0.491 e. The maximum Gasteiger partial charge on any atom is 0.283 e. The SMILES string of the molecule is CCCCOCCOc1ccc(-c2ccc3c(c2)C=C(C(=O)N(CS(=O)(=O)O)c2ccc(S(=O)Cc4cncn4CCC)cc2)CCCN3CCC)cc1. The number of aryl methyl sites for hydroxylation is 1. The number of aromatic nitrogens is 2. The highest BCUT2D eigenvalue weighted by Crippen LogP contribution is 2.34. The van der Waals surface area contributed by atoms with E-state index in [1.165, 1.54) is 0 Å². The van der Waals surface area contributed by atoms with Crippen LogP contribution in [-0.4, -0.2) is 71.4 Å². The highest BCUT2D eigenvalue weighted by Gasteiger charge is 2.27. The van der Waals surface area contributed by atoms with Crippen molar-refractivity contribution in [3.8, 4) is 16.9 Å². The van der Waals surface area contributed by atoms with Crippen LogP contribution in [0.25, 0.3) is 17.2 Å². The predicted molar refractivity (Wildman–Crippen MR) is 216 cm³/mol. The molecule has 4 aromatic rings. The van der Waals surface area contributed by atoms with Gasteiger partial charge in [-0.25, -0.2) is 4.98 Å². The van der Waals surface area contributed by atoms with Gasteiger partial charge in [0.25, 0.3) is 16.0 Å². The van der Waals surface area contributed by atoms with Crippen LogP contribution < -0.4 is 14.5 Å². The van der Waals surface area contributed by atoms with Gasteiger partial charge in [-0.1, -0.05) is 45.4 Å². The van der Waals surface area contributed by atoms with E-state index in [4.69, 9.17) is 9.47 Å². The summed E-state index contributed by atoms with van der Waals surface area (Å²) < 4.78 is 61.2. The van der Waals surface area contributed by atoms with Gasteiger partial charge in [0.15, 0.2) is 5.88 Å². The maximum absolute atomic E-state index is 14.3. The fourth-order valence-electron chi connectivity index (χ4n) is 6.45. The number of ether oxygens (including phenoxy) is 2. The second-order valence-corrected chi connectivity index (χ2v) is 16.3. The van der Waals surface area contributed by atoms with E-state index >= 15 is 0 Å². The number of hydrogen-bond acceptors (Lipinski definition) is 8. The fraction of sp³-hybridized carbons (Fsp3) is 0.415. The zero-order chi connectivity index (χ0) is 38.5. The van der Waals surface area contributed by atoms with E-state index in [2.05, 4.69) is 48.9 Å². The molecule has 0 saturated carbocycles. The van der Waals surface area contributed by atoms with Crippen molar-refractivity contribution in [2.24, 2.45) is 0 Å². The Labute approximate surface area is 322 Å². The van der Waals surface area contributed by atoms with E-state index in [1.807, 2.05) is 34.9 Å². The molecule has 0 aliphatic carbocycles. The van der Waals surface area contributed by atoms with Crippen molar-refractivity contribution >= 4 is 44.3 Å². The predicted octanol–water partition coefficient (Wildman–Crippen LogP) is 7.74. The Balaban J connectivity index is 1.40. The molecule has 0 bridgehead atoms. The number of benzene rings is 3. The lowest BCUT2D eigenvalue weighted by Crippen LogP contribution is -2.37. The number of unbranched alkanes of at least 4 members (excludes halogenated alkanes) is 1. The molecule has 0 radical (unpaired) electrons. The highest BCUT2D eigenvalue weighted by molar-refractivity contribution is 7.85. The zero-order valence-electron chi connectivity index (χ0n) is 31.5. The molecule has 290 valence electrons. The standard InChI is InChI=1S/C41H52N4O7S2/c1-4-7-23-51-24-25-52-38-15-10-32(11-16-38)33-12-19-40-35(26-33)27-34(9-8-22-43(40)20-5-2)41(46)45(31-54(48,49)50)36-13-17-39(18-14-36)53(47)29-37-28-42-30-44(37)21-6-3/h10-19,26-28,30H,4-9,20-25,29,31H2,1-3H3,(H,48,49,50). The Hall–Kier alpha value is -4.30. The quantitative estimate of drug-likeness (QED) is 0.0751. The molecule has 0 fully saturated rings. The van der Waals surface area contributed by atoms with Crippen molar-refractivity contribution in [2.75, 3.05) is 48.6 Å². The Morgan fingerprint density at radius 3 is 2.37 bits per heavy atom. The molecular weight excluding hydrogens is 725 g/mol.